The van der Waals surface area contributed by atoms with E-state index in [2.05, 4.69) is 37.2 Å². The monoisotopic (exact) mass is 364 g/mol. The Bertz CT molecular complexity index is 426. The molecule has 0 aromatic heterocycles. The molecule has 1 amide bonds. The molecule has 0 bridgehead atoms. The largest absolute Gasteiger partial charge is 0.325 e. The van der Waals surface area contributed by atoms with E-state index in [4.69, 9.17) is 0 Å². The van der Waals surface area contributed by atoms with Crippen LogP contribution in [0.3, 0.4) is 0 Å². The van der Waals surface area contributed by atoms with E-state index in [9.17, 15) is 14.9 Å². The first-order chi connectivity index (χ1) is 8.04. The lowest BCUT2D eigenvalue weighted by Gasteiger charge is -2.09. The molecule has 1 atom stereocenters. The molecule has 0 heterocycles. The van der Waals surface area contributed by atoms with E-state index in [1.807, 2.05) is 0 Å². The van der Waals surface area contributed by atoms with Crippen molar-refractivity contribution in [3.63, 3.8) is 0 Å². The average Bonchev–Trinajstić information content (AvgIpc) is 2.29. The van der Waals surface area contributed by atoms with Gasteiger partial charge in [0, 0.05) is 23.2 Å². The summed E-state index contributed by atoms with van der Waals surface area (Å²) in [5.41, 5.74) is 0.373. The van der Waals surface area contributed by atoms with E-state index >= 15 is 0 Å². The van der Waals surface area contributed by atoms with Crippen molar-refractivity contribution in [1.82, 2.24) is 0 Å². The van der Waals surface area contributed by atoms with E-state index in [1.54, 1.807) is 6.07 Å². The quantitative estimate of drug-likeness (QED) is 0.495. The third-order valence-electron chi connectivity index (χ3n) is 1.97. The molecule has 0 fully saturated rings. The highest BCUT2D eigenvalue weighted by Crippen LogP contribution is 2.18. The van der Waals surface area contributed by atoms with E-state index in [0.29, 0.717) is 17.4 Å². The molecule has 1 aromatic carbocycles. The fourth-order valence-corrected chi connectivity index (χ4v) is 2.56. The van der Waals surface area contributed by atoms with Crippen molar-refractivity contribution in [1.29, 1.82) is 0 Å². The average molecular weight is 366 g/mol. The number of nitrogens with zero attached hydrogens (tertiary/aromatic N) is 1. The van der Waals surface area contributed by atoms with Crippen LogP contribution in [-0.2, 0) is 4.79 Å². The molecule has 1 aromatic rings. The standard InChI is InChI=1S/C10H10Br2N2O3/c11-5-4-9(12)10(15)13-7-2-1-3-8(6-7)14(16)17/h1-3,6,9H,4-5H2,(H,13,15)/t9-/m0/s1. The van der Waals surface area contributed by atoms with Crippen LogP contribution in [0.5, 0.6) is 0 Å². The van der Waals surface area contributed by atoms with Crippen LogP contribution in [0.1, 0.15) is 6.42 Å². The lowest BCUT2D eigenvalue weighted by molar-refractivity contribution is -0.384. The van der Waals surface area contributed by atoms with E-state index in [1.165, 1.54) is 18.2 Å². The van der Waals surface area contributed by atoms with Crippen molar-refractivity contribution >= 4 is 49.1 Å². The number of amides is 1. The molecule has 17 heavy (non-hydrogen) atoms. The molecule has 5 nitrogen and oxygen atoms in total. The molecule has 0 aliphatic heterocycles. The van der Waals surface area contributed by atoms with Gasteiger partial charge in [0.1, 0.15) is 0 Å². The summed E-state index contributed by atoms with van der Waals surface area (Å²) in [5, 5.41) is 13.9. The van der Waals surface area contributed by atoms with Crippen LogP contribution < -0.4 is 5.32 Å². The minimum absolute atomic E-state index is 0.0468. The SMILES string of the molecule is O=C(Nc1cccc([N+](=O)[O-])c1)[C@@H](Br)CCBr. The van der Waals surface area contributed by atoms with Gasteiger partial charge in [0.2, 0.25) is 5.91 Å². The second-order valence-electron chi connectivity index (χ2n) is 3.24. The molecule has 0 spiro atoms. The minimum Gasteiger partial charge on any atom is -0.325 e. The number of carbonyl (C=O) groups is 1. The summed E-state index contributed by atoms with van der Waals surface area (Å²) in [5.74, 6) is -0.218. The molecule has 0 saturated carbocycles. The minimum atomic E-state index is -0.500. The van der Waals surface area contributed by atoms with Crippen LogP contribution in [0, 0.1) is 10.1 Å². The van der Waals surface area contributed by atoms with E-state index in [0.717, 1.165) is 0 Å². The van der Waals surface area contributed by atoms with Gasteiger partial charge >= 0.3 is 0 Å². The highest BCUT2D eigenvalue weighted by Gasteiger charge is 2.15. The first kappa shape index (κ1) is 14.1. The molecule has 0 unspecified atom stereocenters. The van der Waals surface area contributed by atoms with E-state index < -0.39 is 4.92 Å². The van der Waals surface area contributed by atoms with Gasteiger partial charge in [0.05, 0.1) is 9.75 Å². The van der Waals surface area contributed by atoms with Crippen LogP contribution in [0.25, 0.3) is 0 Å². The van der Waals surface area contributed by atoms with Crippen LogP contribution in [0.2, 0.25) is 0 Å². The van der Waals surface area contributed by atoms with Crippen molar-refractivity contribution < 1.29 is 9.72 Å². The fourth-order valence-electron chi connectivity index (χ4n) is 1.14. The predicted octanol–water partition coefficient (Wildman–Crippen LogP) is 3.08. The topological polar surface area (TPSA) is 72.2 Å². The molecule has 0 radical (unpaired) electrons. The maximum absolute atomic E-state index is 11.6. The maximum atomic E-state index is 11.6. The van der Waals surface area contributed by atoms with Gasteiger partial charge in [-0.2, -0.15) is 0 Å². The number of non-ortho nitro benzene ring substituents is 1. The highest BCUT2D eigenvalue weighted by molar-refractivity contribution is 9.10. The number of benzene rings is 1. The number of nitro groups is 1. The third-order valence-corrected chi connectivity index (χ3v) is 3.30. The van der Waals surface area contributed by atoms with Crippen molar-refractivity contribution in [3.8, 4) is 0 Å². The number of alkyl halides is 2. The Morgan fingerprint density at radius 2 is 2.24 bits per heavy atom. The van der Waals surface area contributed by atoms with Crippen molar-refractivity contribution in [2.75, 3.05) is 10.6 Å². The number of hydrogen-bond donors (Lipinski definition) is 1. The van der Waals surface area contributed by atoms with Gasteiger partial charge in [0.25, 0.3) is 5.69 Å². The Balaban J connectivity index is 2.71. The highest BCUT2D eigenvalue weighted by atomic mass is 79.9. The molecular formula is C10H10Br2N2O3. The molecule has 0 aliphatic rings. The number of nitrogens with one attached hydrogen (secondary N) is 1. The molecule has 7 heteroatoms. The maximum Gasteiger partial charge on any atom is 0.271 e. The lowest BCUT2D eigenvalue weighted by Crippen LogP contribution is -2.23. The molecule has 92 valence electrons. The zero-order valence-electron chi connectivity index (χ0n) is 8.73. The van der Waals surface area contributed by atoms with Crippen molar-refractivity contribution in [3.05, 3.63) is 34.4 Å². The lowest BCUT2D eigenvalue weighted by atomic mass is 10.2. The van der Waals surface area contributed by atoms with Gasteiger partial charge < -0.3 is 5.32 Å². The first-order valence-electron chi connectivity index (χ1n) is 4.80. The Kier molecular flexibility index (Phi) is 5.57. The summed E-state index contributed by atoms with van der Waals surface area (Å²) >= 11 is 6.47. The molecular weight excluding hydrogens is 356 g/mol. The number of carbonyl (C=O) groups excluding carboxylic acids is 1. The van der Waals surface area contributed by atoms with Gasteiger partial charge in [-0.15, -0.1) is 0 Å². The second kappa shape index (κ2) is 6.70. The summed E-state index contributed by atoms with van der Waals surface area (Å²) in [6.45, 7) is 0. The summed E-state index contributed by atoms with van der Waals surface area (Å²) in [6.07, 6.45) is 0.640. The zero-order valence-corrected chi connectivity index (χ0v) is 11.9. The van der Waals surface area contributed by atoms with Gasteiger partial charge in [-0.25, -0.2) is 0 Å². The molecule has 1 N–H and O–H groups in total. The predicted molar refractivity (Wildman–Crippen MR) is 72.9 cm³/mol. The summed E-state index contributed by atoms with van der Waals surface area (Å²) in [7, 11) is 0. The molecule has 1 rings (SSSR count). The van der Waals surface area contributed by atoms with Crippen LogP contribution in [0.15, 0.2) is 24.3 Å². The van der Waals surface area contributed by atoms with Crippen LogP contribution >= 0.6 is 31.9 Å². The summed E-state index contributed by atoms with van der Waals surface area (Å²) < 4.78 is 0. The Morgan fingerprint density at radius 1 is 1.53 bits per heavy atom. The van der Waals surface area contributed by atoms with Gasteiger partial charge in [0.15, 0.2) is 0 Å². The number of nitro benzene ring substituents is 1. The number of hydrogen-bond acceptors (Lipinski definition) is 3. The van der Waals surface area contributed by atoms with Crippen LogP contribution in [-0.4, -0.2) is 21.0 Å². The number of anilines is 1. The van der Waals surface area contributed by atoms with Crippen LogP contribution in [0.4, 0.5) is 11.4 Å². The second-order valence-corrected chi connectivity index (χ2v) is 5.14. The van der Waals surface area contributed by atoms with Crippen molar-refractivity contribution in [2.24, 2.45) is 0 Å². The summed E-state index contributed by atoms with van der Waals surface area (Å²) in [6, 6.07) is 5.84. The number of rotatable bonds is 5. The van der Waals surface area contributed by atoms with Gasteiger partial charge in [-0.1, -0.05) is 37.9 Å². The van der Waals surface area contributed by atoms with Gasteiger partial charge in [-0.3, -0.25) is 14.9 Å². The normalized spacial score (nSPS) is 11.9. The Morgan fingerprint density at radius 3 is 2.82 bits per heavy atom. The fraction of sp³-hybridized carbons (Fsp3) is 0.300. The third kappa shape index (κ3) is 4.43. The number of halogens is 2. The first-order valence-corrected chi connectivity index (χ1v) is 6.83. The van der Waals surface area contributed by atoms with E-state index in [-0.39, 0.29) is 16.4 Å². The molecule has 0 aliphatic carbocycles. The summed E-state index contributed by atoms with van der Waals surface area (Å²) in [4.78, 5) is 21.4. The smallest absolute Gasteiger partial charge is 0.271 e. The Hall–Kier alpha value is -0.950. The zero-order chi connectivity index (χ0) is 12.8. The van der Waals surface area contributed by atoms with Crippen molar-refractivity contribution in [2.45, 2.75) is 11.2 Å². The molecule has 0 saturated heterocycles. The Labute approximate surface area is 115 Å². The van der Waals surface area contributed by atoms with Gasteiger partial charge in [-0.05, 0) is 12.5 Å².